The number of rotatable bonds is 12. The molecular weight excluding hydrogens is 645 g/mol. The van der Waals surface area contributed by atoms with Crippen molar-refractivity contribution >= 4 is 39.0 Å². The largest absolute Gasteiger partial charge is 0.493 e. The highest BCUT2D eigenvalue weighted by atomic mass is 32.2. The van der Waals surface area contributed by atoms with Crippen molar-refractivity contribution in [3.63, 3.8) is 0 Å². The lowest BCUT2D eigenvalue weighted by atomic mass is 9.95. The van der Waals surface area contributed by atoms with Crippen molar-refractivity contribution in [3.05, 3.63) is 84.1 Å². The van der Waals surface area contributed by atoms with Gasteiger partial charge in [0, 0.05) is 23.5 Å². The minimum Gasteiger partial charge on any atom is -0.493 e. The molecular formula is C31H32N8O6S2. The van der Waals surface area contributed by atoms with E-state index in [1.807, 2.05) is 20.8 Å². The molecule has 0 aliphatic heterocycles. The molecule has 1 aromatic carbocycles. The van der Waals surface area contributed by atoms with Crippen LogP contribution in [0.5, 0.6) is 23.1 Å². The summed E-state index contributed by atoms with van der Waals surface area (Å²) in [5.74, 6) is 0.542. The number of para-hydroxylation sites is 2. The SMILES string of the molecule is COc1ccccc1Oc1c(NS(=O)(=O)c2ccc(C(C)(C)C)s2)nc(-c2ncccn2)nc1OCCNC(=O)Nc1ccccn1. The Morgan fingerprint density at radius 1 is 0.872 bits per heavy atom. The summed E-state index contributed by atoms with van der Waals surface area (Å²) in [5.41, 5.74) is -0.257. The summed E-state index contributed by atoms with van der Waals surface area (Å²) < 4.78 is 47.8. The molecule has 5 rings (SSSR count). The number of benzene rings is 1. The first-order valence-corrected chi connectivity index (χ1v) is 16.6. The predicted octanol–water partition coefficient (Wildman–Crippen LogP) is 5.49. The summed E-state index contributed by atoms with van der Waals surface area (Å²) in [7, 11) is -2.69. The highest BCUT2D eigenvalue weighted by Gasteiger charge is 2.28. The molecule has 0 spiro atoms. The normalized spacial score (nSPS) is 11.4. The molecule has 5 aromatic rings. The number of sulfonamides is 1. The highest BCUT2D eigenvalue weighted by molar-refractivity contribution is 7.94. The van der Waals surface area contributed by atoms with Crippen LogP contribution in [-0.2, 0) is 15.4 Å². The van der Waals surface area contributed by atoms with E-state index in [0.29, 0.717) is 11.6 Å². The molecule has 4 heterocycles. The van der Waals surface area contributed by atoms with E-state index in [1.54, 1.807) is 60.8 Å². The van der Waals surface area contributed by atoms with E-state index in [9.17, 15) is 13.2 Å². The molecule has 47 heavy (non-hydrogen) atoms. The summed E-state index contributed by atoms with van der Waals surface area (Å²) in [6, 6.07) is 16.3. The number of nitrogens with one attached hydrogen (secondary N) is 3. The second-order valence-corrected chi connectivity index (χ2v) is 13.8. The molecule has 0 unspecified atom stereocenters. The van der Waals surface area contributed by atoms with Gasteiger partial charge in [-0.15, -0.1) is 11.3 Å². The fraction of sp³-hybridized carbons (Fsp3) is 0.226. The second kappa shape index (κ2) is 14.4. The van der Waals surface area contributed by atoms with Crippen molar-refractivity contribution in [2.24, 2.45) is 0 Å². The van der Waals surface area contributed by atoms with Crippen LogP contribution < -0.4 is 29.6 Å². The van der Waals surface area contributed by atoms with Gasteiger partial charge in [0.25, 0.3) is 15.9 Å². The van der Waals surface area contributed by atoms with Gasteiger partial charge < -0.3 is 19.5 Å². The predicted molar refractivity (Wildman–Crippen MR) is 177 cm³/mol. The molecule has 0 aliphatic rings. The van der Waals surface area contributed by atoms with Crippen LogP contribution in [-0.4, -0.2) is 59.6 Å². The molecule has 2 amide bonds. The molecule has 3 N–H and O–H groups in total. The number of pyridine rings is 1. The Kier molecular flexibility index (Phi) is 10.1. The van der Waals surface area contributed by atoms with E-state index in [4.69, 9.17) is 14.2 Å². The Labute approximate surface area is 275 Å². The van der Waals surface area contributed by atoms with Crippen molar-refractivity contribution in [1.82, 2.24) is 30.2 Å². The van der Waals surface area contributed by atoms with Gasteiger partial charge in [0.15, 0.2) is 23.1 Å². The maximum absolute atomic E-state index is 13.7. The lowest BCUT2D eigenvalue weighted by Crippen LogP contribution is -2.32. The number of nitrogens with zero attached hydrogens (tertiary/aromatic N) is 5. The molecule has 0 atom stereocenters. The summed E-state index contributed by atoms with van der Waals surface area (Å²) >= 11 is 1.15. The Morgan fingerprint density at radius 2 is 1.60 bits per heavy atom. The number of thiophene rings is 1. The molecule has 0 radical (unpaired) electrons. The standard InChI is InChI=1S/C31H32N8O6S2/c1-31(2,3)22-13-14-24(46-22)47(41,42)39-26-25(45-21-11-6-5-10-20(21)43-4)29(38-28(37-26)27-33-16-9-17-34-27)44-19-18-35-30(40)36-23-12-7-8-15-32-23/h5-17H,18-19H2,1-4H3,(H,37,38,39)(H2,32,35,36,40). The van der Waals surface area contributed by atoms with Crippen molar-refractivity contribution < 1.29 is 27.4 Å². The topological polar surface area (TPSA) is 179 Å². The summed E-state index contributed by atoms with van der Waals surface area (Å²) in [5, 5.41) is 5.29. The molecule has 4 aromatic heterocycles. The van der Waals surface area contributed by atoms with Crippen LogP contribution in [0.15, 0.2) is 83.5 Å². The van der Waals surface area contributed by atoms with E-state index in [2.05, 4.69) is 40.3 Å². The zero-order valence-electron chi connectivity index (χ0n) is 25.9. The van der Waals surface area contributed by atoms with Crippen molar-refractivity contribution in [3.8, 4) is 34.8 Å². The molecule has 0 aliphatic carbocycles. The molecule has 0 saturated heterocycles. The van der Waals surface area contributed by atoms with Crippen LogP contribution in [0.4, 0.5) is 16.4 Å². The molecule has 244 valence electrons. The molecule has 16 heteroatoms. The minimum atomic E-state index is -4.17. The van der Waals surface area contributed by atoms with Crippen molar-refractivity contribution in [2.45, 2.75) is 30.4 Å². The number of amides is 2. The van der Waals surface area contributed by atoms with Gasteiger partial charge in [-0.1, -0.05) is 39.0 Å². The number of aromatic nitrogens is 5. The maximum Gasteiger partial charge on any atom is 0.320 e. The van der Waals surface area contributed by atoms with Gasteiger partial charge in [-0.3, -0.25) is 10.0 Å². The Balaban J connectivity index is 1.51. The maximum atomic E-state index is 13.7. The summed E-state index contributed by atoms with van der Waals surface area (Å²) in [4.78, 5) is 34.7. The van der Waals surface area contributed by atoms with Gasteiger partial charge in [-0.2, -0.15) is 4.98 Å². The third-order valence-electron chi connectivity index (χ3n) is 6.23. The van der Waals surface area contributed by atoms with Crippen LogP contribution in [0.1, 0.15) is 25.6 Å². The van der Waals surface area contributed by atoms with Gasteiger partial charge >= 0.3 is 6.03 Å². The second-order valence-electron chi connectivity index (χ2n) is 10.8. The van der Waals surface area contributed by atoms with Gasteiger partial charge in [0.1, 0.15) is 16.6 Å². The van der Waals surface area contributed by atoms with E-state index in [1.165, 1.54) is 25.6 Å². The smallest absolute Gasteiger partial charge is 0.320 e. The number of hydrogen-bond donors (Lipinski definition) is 3. The van der Waals surface area contributed by atoms with E-state index < -0.39 is 16.1 Å². The van der Waals surface area contributed by atoms with E-state index in [-0.39, 0.29) is 57.6 Å². The summed E-state index contributed by atoms with van der Waals surface area (Å²) in [6.45, 7) is 5.95. The Morgan fingerprint density at radius 3 is 2.28 bits per heavy atom. The number of methoxy groups -OCH3 is 1. The van der Waals surface area contributed by atoms with Crippen LogP contribution in [0, 0.1) is 0 Å². The molecule has 0 saturated carbocycles. The quantitative estimate of drug-likeness (QED) is 0.142. The average molecular weight is 677 g/mol. The summed E-state index contributed by atoms with van der Waals surface area (Å²) in [6.07, 6.45) is 4.55. The van der Waals surface area contributed by atoms with E-state index >= 15 is 0 Å². The molecule has 14 nitrogen and oxygen atoms in total. The zero-order chi connectivity index (χ0) is 33.4. The van der Waals surface area contributed by atoms with Crippen molar-refractivity contribution in [2.75, 3.05) is 30.3 Å². The Hall–Kier alpha value is -5.35. The van der Waals surface area contributed by atoms with Crippen LogP contribution in [0.2, 0.25) is 0 Å². The molecule has 0 bridgehead atoms. The fourth-order valence-electron chi connectivity index (χ4n) is 3.97. The van der Waals surface area contributed by atoms with Gasteiger partial charge in [0.2, 0.25) is 11.6 Å². The first kappa shape index (κ1) is 33.0. The molecule has 0 fully saturated rings. The number of carbonyl (C=O) groups excluding carboxylic acids is 1. The average Bonchev–Trinajstić information content (AvgIpc) is 3.58. The minimum absolute atomic E-state index is 0.0342. The third-order valence-corrected chi connectivity index (χ3v) is 9.57. The number of ether oxygens (including phenoxy) is 3. The number of anilines is 2. The first-order valence-electron chi connectivity index (χ1n) is 14.3. The Bertz CT molecular complexity index is 1930. The first-order chi connectivity index (χ1) is 22.5. The monoisotopic (exact) mass is 676 g/mol. The van der Waals surface area contributed by atoms with Crippen LogP contribution in [0.25, 0.3) is 11.6 Å². The van der Waals surface area contributed by atoms with Gasteiger partial charge in [-0.05, 0) is 47.9 Å². The fourth-order valence-corrected chi connectivity index (χ4v) is 6.34. The number of hydrogen-bond acceptors (Lipinski definition) is 12. The lowest BCUT2D eigenvalue weighted by molar-refractivity contribution is 0.245. The van der Waals surface area contributed by atoms with Crippen molar-refractivity contribution in [1.29, 1.82) is 0 Å². The number of urea groups is 1. The van der Waals surface area contributed by atoms with Gasteiger partial charge in [-0.25, -0.2) is 33.1 Å². The third kappa shape index (κ3) is 8.47. The lowest BCUT2D eigenvalue weighted by Gasteiger charge is -2.18. The van der Waals surface area contributed by atoms with Crippen LogP contribution >= 0.6 is 11.3 Å². The zero-order valence-corrected chi connectivity index (χ0v) is 27.6. The van der Waals surface area contributed by atoms with E-state index in [0.717, 1.165) is 16.2 Å². The number of carbonyl (C=O) groups is 1. The van der Waals surface area contributed by atoms with Gasteiger partial charge in [0.05, 0.1) is 13.7 Å². The highest BCUT2D eigenvalue weighted by Crippen LogP contribution is 2.42. The van der Waals surface area contributed by atoms with Crippen LogP contribution in [0.3, 0.4) is 0 Å².